The van der Waals surface area contributed by atoms with Crippen molar-refractivity contribution in [3.05, 3.63) is 83.2 Å². The van der Waals surface area contributed by atoms with Crippen LogP contribution in [0.25, 0.3) is 5.65 Å². The minimum atomic E-state index is 0.306. The average Bonchev–Trinajstić information content (AvgIpc) is 3.28. The summed E-state index contributed by atoms with van der Waals surface area (Å²) in [6.45, 7) is 0.306. The van der Waals surface area contributed by atoms with E-state index in [1.165, 1.54) is 11.8 Å². The predicted molar refractivity (Wildman–Crippen MR) is 107 cm³/mol. The minimum absolute atomic E-state index is 0.306. The molecule has 2 heterocycles. The fraction of sp³-hybridized carbons (Fsp3) is 0.0952. The van der Waals surface area contributed by atoms with Crippen LogP contribution in [-0.2, 0) is 12.4 Å². The fourth-order valence-corrected chi connectivity index (χ4v) is 3.51. The largest absolute Gasteiger partial charge is 0.469 e. The second kappa shape index (κ2) is 8.42. The molecule has 140 valence electrons. The molecule has 0 aliphatic rings. The van der Waals surface area contributed by atoms with Crippen LogP contribution in [0.3, 0.4) is 0 Å². The van der Waals surface area contributed by atoms with Crippen LogP contribution in [0.1, 0.15) is 22.3 Å². The lowest BCUT2D eigenvalue weighted by Crippen LogP contribution is -2.04. The molecule has 7 nitrogen and oxygen atoms in total. The van der Waals surface area contributed by atoms with Gasteiger partial charge in [-0.25, -0.2) is 4.98 Å². The van der Waals surface area contributed by atoms with Crippen LogP contribution in [-0.4, -0.2) is 19.6 Å². The smallest absolute Gasteiger partial charge is 0.278 e. The molecule has 0 amide bonds. The van der Waals surface area contributed by atoms with Gasteiger partial charge < -0.3 is 4.74 Å². The maximum Gasteiger partial charge on any atom is 0.278 e. The Kier molecular flexibility index (Phi) is 5.37. The number of fused-ring (bicyclic) bond motifs is 1. The number of hydrogen-bond donors (Lipinski definition) is 0. The standard InChI is InChI=1S/C21H14N6OS/c22-11-15-1-5-17(6-2-15)13-28-20-19-24-9-10-27(19)21(26-25-20)29-14-18-7-3-16(12-23)4-8-18/h1-10H,13-14H2. The quantitative estimate of drug-likeness (QED) is 0.456. The van der Waals surface area contributed by atoms with Crippen LogP contribution in [0.15, 0.2) is 66.1 Å². The summed E-state index contributed by atoms with van der Waals surface area (Å²) < 4.78 is 7.64. The predicted octanol–water partition coefficient (Wildman–Crippen LogP) is 3.74. The molecule has 8 heteroatoms. The zero-order chi connectivity index (χ0) is 20.1. The van der Waals surface area contributed by atoms with Crippen LogP contribution in [0.2, 0.25) is 0 Å². The Labute approximate surface area is 171 Å². The molecule has 0 saturated carbocycles. The maximum atomic E-state index is 8.89. The topological polar surface area (TPSA) is 99.9 Å². The van der Waals surface area contributed by atoms with E-state index < -0.39 is 0 Å². The van der Waals surface area contributed by atoms with Crippen LogP contribution in [0.5, 0.6) is 5.88 Å². The van der Waals surface area contributed by atoms with E-state index in [1.54, 1.807) is 30.5 Å². The zero-order valence-electron chi connectivity index (χ0n) is 15.2. The Morgan fingerprint density at radius 3 is 2.21 bits per heavy atom. The highest BCUT2D eigenvalue weighted by molar-refractivity contribution is 7.98. The molecule has 0 aliphatic heterocycles. The molecule has 0 bridgehead atoms. The van der Waals surface area contributed by atoms with E-state index in [9.17, 15) is 0 Å². The Morgan fingerprint density at radius 2 is 1.55 bits per heavy atom. The van der Waals surface area contributed by atoms with E-state index in [0.29, 0.717) is 40.2 Å². The van der Waals surface area contributed by atoms with Gasteiger partial charge in [0, 0.05) is 18.1 Å². The number of benzene rings is 2. The van der Waals surface area contributed by atoms with Crippen molar-refractivity contribution in [3.63, 3.8) is 0 Å². The molecule has 0 fully saturated rings. The molecule has 0 aliphatic carbocycles. The molecule has 0 radical (unpaired) electrons. The molecular formula is C21H14N6OS. The number of nitriles is 2. The van der Waals surface area contributed by atoms with Crippen molar-refractivity contribution in [1.82, 2.24) is 19.6 Å². The van der Waals surface area contributed by atoms with E-state index in [-0.39, 0.29) is 0 Å². The van der Waals surface area contributed by atoms with Gasteiger partial charge in [-0.15, -0.1) is 10.2 Å². The zero-order valence-corrected chi connectivity index (χ0v) is 16.0. The highest BCUT2D eigenvalue weighted by Gasteiger charge is 2.12. The van der Waals surface area contributed by atoms with Crippen molar-refractivity contribution in [3.8, 4) is 18.0 Å². The Hall–Kier alpha value is -3.88. The van der Waals surface area contributed by atoms with Crippen LogP contribution in [0.4, 0.5) is 0 Å². The molecule has 2 aromatic carbocycles. The van der Waals surface area contributed by atoms with E-state index >= 15 is 0 Å². The maximum absolute atomic E-state index is 8.89. The SMILES string of the molecule is N#Cc1ccc(COc2nnc(SCc3ccc(C#N)cc3)n3ccnc23)cc1. The summed E-state index contributed by atoms with van der Waals surface area (Å²) >= 11 is 1.53. The summed E-state index contributed by atoms with van der Waals surface area (Å²) in [4.78, 5) is 4.34. The first-order valence-corrected chi connectivity index (χ1v) is 9.69. The monoisotopic (exact) mass is 398 g/mol. The van der Waals surface area contributed by atoms with Gasteiger partial charge in [-0.05, 0) is 35.4 Å². The van der Waals surface area contributed by atoms with E-state index in [2.05, 4.69) is 27.3 Å². The molecule has 0 spiro atoms. The van der Waals surface area contributed by atoms with Crippen molar-refractivity contribution in [1.29, 1.82) is 10.5 Å². The van der Waals surface area contributed by atoms with Crippen molar-refractivity contribution >= 4 is 17.4 Å². The molecule has 4 rings (SSSR count). The Balaban J connectivity index is 1.47. The van der Waals surface area contributed by atoms with Gasteiger partial charge in [-0.3, -0.25) is 4.40 Å². The van der Waals surface area contributed by atoms with Crippen LogP contribution in [0, 0.1) is 22.7 Å². The van der Waals surface area contributed by atoms with Crippen LogP contribution >= 0.6 is 11.8 Å². The average molecular weight is 398 g/mol. The van der Waals surface area contributed by atoms with Gasteiger partial charge in [0.1, 0.15) is 6.61 Å². The van der Waals surface area contributed by atoms with Crippen molar-refractivity contribution in [2.75, 3.05) is 0 Å². The third-order valence-corrected chi connectivity index (χ3v) is 5.19. The van der Waals surface area contributed by atoms with Gasteiger partial charge in [0.25, 0.3) is 5.88 Å². The van der Waals surface area contributed by atoms with E-state index in [4.69, 9.17) is 15.3 Å². The fourth-order valence-electron chi connectivity index (χ4n) is 2.64. The number of ether oxygens (including phenoxy) is 1. The third kappa shape index (κ3) is 4.18. The second-order valence-corrected chi connectivity index (χ2v) is 7.05. The molecule has 0 unspecified atom stereocenters. The number of rotatable bonds is 6. The molecule has 0 atom stereocenters. The Morgan fingerprint density at radius 1 is 0.897 bits per heavy atom. The second-order valence-electron chi connectivity index (χ2n) is 6.10. The lowest BCUT2D eigenvalue weighted by Gasteiger charge is -2.08. The first kappa shape index (κ1) is 18.5. The molecule has 0 N–H and O–H groups in total. The summed E-state index contributed by atoms with van der Waals surface area (Å²) in [7, 11) is 0. The summed E-state index contributed by atoms with van der Waals surface area (Å²) in [5.74, 6) is 1.04. The Bertz CT molecular complexity index is 1120. The molecular weight excluding hydrogens is 384 g/mol. The summed E-state index contributed by atoms with van der Waals surface area (Å²) in [6.07, 6.45) is 3.50. The van der Waals surface area contributed by atoms with Gasteiger partial charge >= 0.3 is 0 Å². The molecule has 2 aromatic heterocycles. The summed E-state index contributed by atoms with van der Waals surface area (Å²) in [6, 6.07) is 18.8. The van der Waals surface area contributed by atoms with Gasteiger partial charge in [0.05, 0.1) is 23.3 Å². The van der Waals surface area contributed by atoms with Crippen molar-refractivity contribution in [2.24, 2.45) is 0 Å². The molecule has 4 aromatic rings. The highest BCUT2D eigenvalue weighted by atomic mass is 32.2. The van der Waals surface area contributed by atoms with E-state index in [1.807, 2.05) is 34.9 Å². The van der Waals surface area contributed by atoms with Crippen LogP contribution < -0.4 is 4.74 Å². The normalized spacial score (nSPS) is 10.4. The summed E-state index contributed by atoms with van der Waals surface area (Å²) in [5.41, 5.74) is 3.85. The van der Waals surface area contributed by atoms with Gasteiger partial charge in [0.15, 0.2) is 5.16 Å². The number of nitrogens with zero attached hydrogens (tertiary/aromatic N) is 6. The number of thioether (sulfide) groups is 1. The van der Waals surface area contributed by atoms with Gasteiger partial charge in [-0.2, -0.15) is 10.5 Å². The first-order valence-electron chi connectivity index (χ1n) is 8.70. The first-order chi connectivity index (χ1) is 14.3. The van der Waals surface area contributed by atoms with E-state index in [0.717, 1.165) is 11.1 Å². The van der Waals surface area contributed by atoms with Gasteiger partial charge in [-0.1, -0.05) is 36.0 Å². The lowest BCUT2D eigenvalue weighted by atomic mass is 10.2. The molecule has 29 heavy (non-hydrogen) atoms. The number of aromatic nitrogens is 4. The number of hydrogen-bond acceptors (Lipinski definition) is 7. The highest BCUT2D eigenvalue weighted by Crippen LogP contribution is 2.25. The van der Waals surface area contributed by atoms with Crippen molar-refractivity contribution in [2.45, 2.75) is 17.5 Å². The number of imidazole rings is 1. The van der Waals surface area contributed by atoms with Gasteiger partial charge in [0.2, 0.25) is 5.65 Å². The van der Waals surface area contributed by atoms with Crippen molar-refractivity contribution < 1.29 is 4.74 Å². The minimum Gasteiger partial charge on any atom is -0.469 e. The molecule has 0 saturated heterocycles. The third-order valence-electron chi connectivity index (χ3n) is 4.17. The summed E-state index contributed by atoms with van der Waals surface area (Å²) in [5, 5.41) is 26.9. The lowest BCUT2D eigenvalue weighted by molar-refractivity contribution is 0.290.